The molecule has 0 radical (unpaired) electrons. The third-order valence-corrected chi connectivity index (χ3v) is 2.91. The summed E-state index contributed by atoms with van der Waals surface area (Å²) in [5.74, 6) is 0. The Balaban J connectivity index is 3.13. The van der Waals surface area contributed by atoms with Gasteiger partial charge in [-0.25, -0.2) is 0 Å². The van der Waals surface area contributed by atoms with Gasteiger partial charge < -0.3 is 0 Å². The molecule has 0 aromatic heterocycles. The quantitative estimate of drug-likeness (QED) is 0.435. The van der Waals surface area contributed by atoms with Crippen molar-refractivity contribution in [2.45, 2.75) is 4.90 Å². The molecule has 0 aliphatic rings. The summed E-state index contributed by atoms with van der Waals surface area (Å²) in [6.45, 7) is 0. The van der Waals surface area contributed by atoms with Gasteiger partial charge in [0.15, 0.2) is 0 Å². The van der Waals surface area contributed by atoms with Crippen LogP contribution in [-0.4, -0.2) is 16.9 Å². The molecule has 0 saturated carbocycles. The Morgan fingerprint density at radius 1 is 1.25 bits per heavy atom. The van der Waals surface area contributed by atoms with Gasteiger partial charge in [0.25, 0.3) is 0 Å². The fraction of sp³-hybridized carbons (Fsp3) is 0. The molecule has 1 atom stereocenters. The molecule has 1 rings (SSSR count). The van der Waals surface area contributed by atoms with E-state index < -0.39 is 0 Å². The molecule has 0 aliphatic carbocycles. The Morgan fingerprint density at radius 2 is 1.88 bits per heavy atom. The van der Waals surface area contributed by atoms with Gasteiger partial charge in [0, 0.05) is 0 Å². The predicted octanol–water partition coefficient (Wildman–Crippen LogP) is 0.234. The van der Waals surface area contributed by atoms with E-state index in [9.17, 15) is 0 Å². The van der Waals surface area contributed by atoms with E-state index in [1.807, 2.05) is 18.2 Å². The molecule has 0 N–H and O–H groups in total. The molecule has 1 aromatic carbocycles. The molecule has 0 aliphatic heterocycles. The molecule has 42 valence electrons. The van der Waals surface area contributed by atoms with E-state index in [0.717, 1.165) is 4.90 Å². The van der Waals surface area contributed by atoms with Crippen molar-refractivity contribution in [1.29, 1.82) is 0 Å². The van der Waals surface area contributed by atoms with E-state index in [2.05, 4.69) is 18.7 Å². The van der Waals surface area contributed by atoms with Gasteiger partial charge in [-0.1, -0.05) is 0 Å². The van der Waals surface area contributed by atoms with Crippen molar-refractivity contribution >= 4 is 33.8 Å². The molecule has 0 bridgehead atoms. The van der Waals surface area contributed by atoms with Crippen LogP contribution in [0.3, 0.4) is 0 Å². The standard InChI is InChI=1S/C6H7AsS/c7-5-3-1-2-4-6(5)8/h1-4,8H,7H2. The first-order valence-corrected chi connectivity index (χ1v) is 4.00. The first-order chi connectivity index (χ1) is 3.80. The van der Waals surface area contributed by atoms with Crippen LogP contribution in [0.25, 0.3) is 0 Å². The monoisotopic (exact) mass is 186 g/mol. The summed E-state index contributed by atoms with van der Waals surface area (Å²) < 4.78 is 1.29. The van der Waals surface area contributed by atoms with E-state index in [0.29, 0.717) is 0 Å². The molecule has 8 heavy (non-hydrogen) atoms. The van der Waals surface area contributed by atoms with Crippen LogP contribution in [0.5, 0.6) is 0 Å². The van der Waals surface area contributed by atoms with Crippen LogP contribution < -0.4 is 4.35 Å². The number of hydrogen-bond donors (Lipinski definition) is 1. The zero-order chi connectivity index (χ0) is 5.98. The third kappa shape index (κ3) is 1.30. The van der Waals surface area contributed by atoms with Gasteiger partial charge in [0.1, 0.15) is 0 Å². The molecule has 1 aromatic rings. The van der Waals surface area contributed by atoms with E-state index in [-0.39, 0.29) is 0 Å². The van der Waals surface area contributed by atoms with Crippen molar-refractivity contribution < 1.29 is 0 Å². The Labute approximate surface area is 63.2 Å². The summed E-state index contributed by atoms with van der Waals surface area (Å²) in [6, 6.07) is 8.09. The van der Waals surface area contributed by atoms with Crippen molar-refractivity contribution in [2.75, 3.05) is 0 Å². The van der Waals surface area contributed by atoms with Gasteiger partial charge in [-0.3, -0.25) is 0 Å². The minimum atomic E-state index is 1.09. The van der Waals surface area contributed by atoms with E-state index in [1.165, 1.54) is 4.35 Å². The van der Waals surface area contributed by atoms with E-state index in [1.54, 1.807) is 16.9 Å². The minimum absolute atomic E-state index is 1.09. The predicted molar refractivity (Wildman–Crippen MR) is 41.9 cm³/mol. The average molecular weight is 186 g/mol. The fourth-order valence-corrected chi connectivity index (χ4v) is 1.08. The summed E-state index contributed by atoms with van der Waals surface area (Å²) in [5, 5.41) is 0. The third-order valence-electron chi connectivity index (χ3n) is 0.937. The number of rotatable bonds is 0. The molecule has 0 heterocycles. The maximum absolute atomic E-state index is 4.21. The van der Waals surface area contributed by atoms with Crippen LogP contribution in [-0.2, 0) is 0 Å². The van der Waals surface area contributed by atoms with Crippen LogP contribution >= 0.6 is 12.6 Å². The molecule has 0 amide bonds. The van der Waals surface area contributed by atoms with Gasteiger partial charge in [0.2, 0.25) is 0 Å². The summed E-state index contributed by atoms with van der Waals surface area (Å²) in [4.78, 5) is 1.09. The van der Waals surface area contributed by atoms with E-state index >= 15 is 0 Å². The van der Waals surface area contributed by atoms with Crippen LogP contribution in [0.2, 0.25) is 0 Å². The zero-order valence-electron chi connectivity index (χ0n) is 4.33. The normalized spacial score (nSPS) is 9.25. The molecule has 1 unspecified atom stereocenters. The summed E-state index contributed by atoms with van der Waals surface area (Å²) in [6.07, 6.45) is 0. The number of thiol groups is 1. The summed E-state index contributed by atoms with van der Waals surface area (Å²) >= 11 is 5.83. The van der Waals surface area contributed by atoms with Gasteiger partial charge >= 0.3 is 63.0 Å². The van der Waals surface area contributed by atoms with Crippen molar-refractivity contribution in [1.82, 2.24) is 0 Å². The SMILES string of the molecule is Sc1ccccc1[AsH2]. The Morgan fingerprint density at radius 3 is 2.25 bits per heavy atom. The summed E-state index contributed by atoms with van der Waals surface area (Å²) in [7, 11) is 0. The molecule has 0 fully saturated rings. The second-order valence-electron chi connectivity index (χ2n) is 1.56. The van der Waals surface area contributed by atoms with Crippen molar-refractivity contribution in [2.24, 2.45) is 0 Å². The second-order valence-corrected chi connectivity index (χ2v) is 3.35. The first-order valence-electron chi connectivity index (χ1n) is 2.34. The van der Waals surface area contributed by atoms with Crippen molar-refractivity contribution in [3.05, 3.63) is 24.3 Å². The Bertz CT molecular complexity index is 165. The van der Waals surface area contributed by atoms with E-state index in [4.69, 9.17) is 0 Å². The van der Waals surface area contributed by atoms with Crippen molar-refractivity contribution in [3.63, 3.8) is 0 Å². The van der Waals surface area contributed by atoms with Crippen LogP contribution in [0, 0.1) is 0 Å². The van der Waals surface area contributed by atoms with Gasteiger partial charge in [-0.2, -0.15) is 0 Å². The molecular formula is C6H7AsS. The molecule has 0 nitrogen and oxygen atoms in total. The van der Waals surface area contributed by atoms with Gasteiger partial charge in [-0.05, 0) is 0 Å². The molecule has 0 spiro atoms. The van der Waals surface area contributed by atoms with Crippen LogP contribution in [0.4, 0.5) is 0 Å². The Hall–Kier alpha value is 0.128. The van der Waals surface area contributed by atoms with Gasteiger partial charge in [-0.15, -0.1) is 0 Å². The van der Waals surface area contributed by atoms with Crippen LogP contribution in [0.15, 0.2) is 29.2 Å². The van der Waals surface area contributed by atoms with Crippen LogP contribution in [0.1, 0.15) is 0 Å². The summed E-state index contributed by atoms with van der Waals surface area (Å²) in [5.41, 5.74) is 0. The molecule has 2 heteroatoms. The topological polar surface area (TPSA) is 0 Å². The number of benzene rings is 1. The maximum atomic E-state index is 4.21. The number of hydrogen-bond acceptors (Lipinski definition) is 1. The molecule has 0 saturated heterocycles. The first kappa shape index (κ1) is 6.25. The fourth-order valence-electron chi connectivity index (χ4n) is 0.488. The van der Waals surface area contributed by atoms with Gasteiger partial charge in [0.05, 0.1) is 0 Å². The second kappa shape index (κ2) is 2.61. The molecular weight excluding hydrogens is 179 g/mol. The van der Waals surface area contributed by atoms with Crippen molar-refractivity contribution in [3.8, 4) is 0 Å². The zero-order valence-corrected chi connectivity index (χ0v) is 7.65. The Kier molecular flexibility index (Phi) is 2.04. The average Bonchev–Trinajstić information content (AvgIpc) is 1.77.